The molecule has 0 bridgehead atoms. The SMILES string of the molecule is Cn1ccn2nc(C#N)cc12. The van der Waals surface area contributed by atoms with Crippen molar-refractivity contribution in [3.63, 3.8) is 0 Å². The smallest absolute Gasteiger partial charge is 0.165 e. The van der Waals surface area contributed by atoms with Crippen LogP contribution in [0.2, 0.25) is 0 Å². The molecular weight excluding hydrogens is 140 g/mol. The zero-order valence-corrected chi connectivity index (χ0v) is 6.02. The molecule has 54 valence electrons. The van der Waals surface area contributed by atoms with Gasteiger partial charge in [0.25, 0.3) is 0 Å². The molecule has 0 unspecified atom stereocenters. The summed E-state index contributed by atoms with van der Waals surface area (Å²) in [5, 5.41) is 12.5. The second-order valence-corrected chi connectivity index (χ2v) is 2.35. The first kappa shape index (κ1) is 5.98. The van der Waals surface area contributed by atoms with Crippen molar-refractivity contribution >= 4 is 5.65 Å². The summed E-state index contributed by atoms with van der Waals surface area (Å²) in [6.45, 7) is 0. The maximum atomic E-state index is 8.51. The molecule has 0 saturated heterocycles. The first-order valence-corrected chi connectivity index (χ1v) is 3.22. The summed E-state index contributed by atoms with van der Waals surface area (Å²) in [6, 6.07) is 3.73. The molecule has 0 spiro atoms. The Balaban J connectivity index is 2.82. The highest BCUT2D eigenvalue weighted by molar-refractivity contribution is 5.44. The number of fused-ring (bicyclic) bond motifs is 1. The Morgan fingerprint density at radius 3 is 3.00 bits per heavy atom. The van der Waals surface area contributed by atoms with E-state index in [9.17, 15) is 0 Å². The fraction of sp³-hybridized carbons (Fsp3) is 0.143. The third-order valence-electron chi connectivity index (χ3n) is 1.62. The molecule has 0 N–H and O–H groups in total. The highest BCUT2D eigenvalue weighted by Crippen LogP contribution is 2.04. The van der Waals surface area contributed by atoms with E-state index in [1.54, 1.807) is 10.6 Å². The molecule has 0 aliphatic carbocycles. The minimum Gasteiger partial charge on any atom is -0.334 e. The van der Waals surface area contributed by atoms with Gasteiger partial charge in [-0.2, -0.15) is 10.4 Å². The summed E-state index contributed by atoms with van der Waals surface area (Å²) < 4.78 is 3.59. The van der Waals surface area contributed by atoms with Gasteiger partial charge in [0.2, 0.25) is 0 Å². The fourth-order valence-electron chi connectivity index (χ4n) is 1.05. The highest BCUT2D eigenvalue weighted by Gasteiger charge is 2.01. The van der Waals surface area contributed by atoms with Gasteiger partial charge in [-0.05, 0) is 0 Å². The van der Waals surface area contributed by atoms with Crippen LogP contribution in [0.3, 0.4) is 0 Å². The van der Waals surface area contributed by atoms with E-state index in [4.69, 9.17) is 5.26 Å². The van der Waals surface area contributed by atoms with E-state index in [1.165, 1.54) is 0 Å². The Morgan fingerprint density at radius 1 is 1.55 bits per heavy atom. The summed E-state index contributed by atoms with van der Waals surface area (Å²) in [6.07, 6.45) is 3.71. The molecule has 4 nitrogen and oxygen atoms in total. The molecule has 0 aliphatic heterocycles. The molecule has 0 radical (unpaired) electrons. The van der Waals surface area contributed by atoms with Gasteiger partial charge in [0.1, 0.15) is 11.7 Å². The van der Waals surface area contributed by atoms with Crippen molar-refractivity contribution < 1.29 is 0 Å². The monoisotopic (exact) mass is 146 g/mol. The molecule has 0 saturated carbocycles. The first-order valence-electron chi connectivity index (χ1n) is 3.22. The van der Waals surface area contributed by atoms with Crippen LogP contribution in [-0.4, -0.2) is 14.2 Å². The van der Waals surface area contributed by atoms with Crippen molar-refractivity contribution in [1.82, 2.24) is 14.2 Å². The van der Waals surface area contributed by atoms with Gasteiger partial charge in [-0.3, -0.25) is 0 Å². The predicted octanol–water partition coefficient (Wildman–Crippen LogP) is 0.544. The fourth-order valence-corrected chi connectivity index (χ4v) is 1.05. The lowest BCUT2D eigenvalue weighted by Gasteiger charge is -1.85. The number of imidazole rings is 1. The van der Waals surface area contributed by atoms with E-state index in [2.05, 4.69) is 5.10 Å². The topological polar surface area (TPSA) is 46.0 Å². The minimum absolute atomic E-state index is 0.455. The van der Waals surface area contributed by atoms with Gasteiger partial charge in [-0.25, -0.2) is 4.52 Å². The molecule has 0 amide bonds. The zero-order chi connectivity index (χ0) is 7.84. The van der Waals surface area contributed by atoms with E-state index < -0.39 is 0 Å². The number of aromatic nitrogens is 3. The van der Waals surface area contributed by atoms with Crippen LogP contribution < -0.4 is 0 Å². The molecule has 2 aromatic heterocycles. The molecule has 0 atom stereocenters. The van der Waals surface area contributed by atoms with Gasteiger partial charge in [0.05, 0.1) is 0 Å². The number of rotatable bonds is 0. The minimum atomic E-state index is 0.455. The predicted molar refractivity (Wildman–Crippen MR) is 38.9 cm³/mol. The Labute approximate surface area is 63.3 Å². The molecule has 0 aliphatic rings. The van der Waals surface area contributed by atoms with Crippen molar-refractivity contribution in [2.24, 2.45) is 7.05 Å². The third-order valence-corrected chi connectivity index (χ3v) is 1.62. The molecular formula is C7H6N4. The average Bonchev–Trinajstić information content (AvgIpc) is 2.53. The van der Waals surface area contributed by atoms with Crippen molar-refractivity contribution in [2.75, 3.05) is 0 Å². The van der Waals surface area contributed by atoms with E-state index in [1.807, 2.05) is 30.1 Å². The molecule has 2 rings (SSSR count). The van der Waals surface area contributed by atoms with Crippen LogP contribution >= 0.6 is 0 Å². The molecule has 2 aromatic rings. The lowest BCUT2D eigenvalue weighted by molar-refractivity contribution is 0.924. The van der Waals surface area contributed by atoms with Crippen LogP contribution in [-0.2, 0) is 7.05 Å². The first-order chi connectivity index (χ1) is 5.31. The molecule has 11 heavy (non-hydrogen) atoms. The Kier molecular flexibility index (Phi) is 1.01. The maximum Gasteiger partial charge on any atom is 0.165 e. The summed E-state index contributed by atoms with van der Waals surface area (Å²) >= 11 is 0. The average molecular weight is 146 g/mol. The van der Waals surface area contributed by atoms with E-state index in [0.717, 1.165) is 5.65 Å². The number of aryl methyl sites for hydroxylation is 1. The van der Waals surface area contributed by atoms with Crippen LogP contribution in [0.15, 0.2) is 18.5 Å². The number of hydrogen-bond acceptors (Lipinski definition) is 2. The Morgan fingerprint density at radius 2 is 2.36 bits per heavy atom. The van der Waals surface area contributed by atoms with Crippen LogP contribution in [0.25, 0.3) is 5.65 Å². The van der Waals surface area contributed by atoms with Gasteiger partial charge < -0.3 is 4.57 Å². The number of hydrogen-bond donors (Lipinski definition) is 0. The van der Waals surface area contributed by atoms with Gasteiger partial charge in [0, 0.05) is 25.5 Å². The highest BCUT2D eigenvalue weighted by atomic mass is 15.3. The largest absolute Gasteiger partial charge is 0.334 e. The van der Waals surface area contributed by atoms with Crippen LogP contribution in [0, 0.1) is 11.3 Å². The zero-order valence-electron chi connectivity index (χ0n) is 6.02. The van der Waals surface area contributed by atoms with Crippen molar-refractivity contribution in [3.8, 4) is 6.07 Å². The summed E-state index contributed by atoms with van der Waals surface area (Å²) in [4.78, 5) is 0. The number of nitriles is 1. The molecule has 0 aromatic carbocycles. The molecule has 2 heterocycles. The van der Waals surface area contributed by atoms with Crippen molar-refractivity contribution in [1.29, 1.82) is 5.26 Å². The van der Waals surface area contributed by atoms with Gasteiger partial charge in [-0.1, -0.05) is 0 Å². The lowest BCUT2D eigenvalue weighted by atomic mass is 10.5. The van der Waals surface area contributed by atoms with Crippen LogP contribution in [0.4, 0.5) is 0 Å². The van der Waals surface area contributed by atoms with E-state index >= 15 is 0 Å². The second-order valence-electron chi connectivity index (χ2n) is 2.35. The number of nitrogens with zero attached hydrogens (tertiary/aromatic N) is 4. The van der Waals surface area contributed by atoms with Gasteiger partial charge in [0.15, 0.2) is 5.69 Å². The summed E-state index contributed by atoms with van der Waals surface area (Å²) in [7, 11) is 1.91. The summed E-state index contributed by atoms with van der Waals surface area (Å²) in [5.74, 6) is 0. The van der Waals surface area contributed by atoms with Crippen LogP contribution in [0.1, 0.15) is 5.69 Å². The molecule has 0 fully saturated rings. The Hall–Kier alpha value is -1.76. The lowest BCUT2D eigenvalue weighted by Crippen LogP contribution is -1.84. The van der Waals surface area contributed by atoms with Gasteiger partial charge in [-0.15, -0.1) is 0 Å². The van der Waals surface area contributed by atoms with Crippen molar-refractivity contribution in [3.05, 3.63) is 24.2 Å². The Bertz CT molecular complexity index is 429. The quantitative estimate of drug-likeness (QED) is 0.544. The van der Waals surface area contributed by atoms with Crippen molar-refractivity contribution in [2.45, 2.75) is 0 Å². The van der Waals surface area contributed by atoms with Crippen LogP contribution in [0.5, 0.6) is 0 Å². The third kappa shape index (κ3) is 0.711. The standard InChI is InChI=1S/C7H6N4/c1-10-2-3-11-7(10)4-6(5-8)9-11/h2-4H,1H3. The maximum absolute atomic E-state index is 8.51. The van der Waals surface area contributed by atoms with E-state index in [-0.39, 0.29) is 0 Å². The molecule has 4 heteroatoms. The van der Waals surface area contributed by atoms with E-state index in [0.29, 0.717) is 5.69 Å². The van der Waals surface area contributed by atoms with Gasteiger partial charge >= 0.3 is 0 Å². The normalized spacial score (nSPS) is 10.2. The summed E-state index contributed by atoms with van der Waals surface area (Å²) in [5.41, 5.74) is 1.39. The second kappa shape index (κ2) is 1.86.